The Balaban J connectivity index is 2.04. The van der Waals surface area contributed by atoms with Gasteiger partial charge in [-0.25, -0.2) is 19.3 Å². The van der Waals surface area contributed by atoms with Crippen molar-refractivity contribution in [2.45, 2.75) is 27.1 Å². The molecule has 8 nitrogen and oxygen atoms in total. The van der Waals surface area contributed by atoms with E-state index in [1.54, 1.807) is 13.0 Å². The van der Waals surface area contributed by atoms with Gasteiger partial charge >= 0.3 is 18.5 Å². The van der Waals surface area contributed by atoms with Crippen LogP contribution in [0, 0.1) is 12.8 Å². The third kappa shape index (κ3) is 7.64. The normalized spacial score (nSPS) is 11.7. The zero-order valence-corrected chi connectivity index (χ0v) is 15.8. The van der Waals surface area contributed by atoms with E-state index >= 15 is 0 Å². The first-order chi connectivity index (χ1) is 13.5. The second kappa shape index (κ2) is 9.22. The number of nitrogens with zero attached hydrogens (tertiary/aromatic N) is 3. The fraction of sp³-hybridized carbons (Fsp3) is 0.333. The molecule has 0 aliphatic carbocycles. The Morgan fingerprint density at radius 1 is 1.24 bits per heavy atom. The molecule has 0 aliphatic rings. The Bertz CT molecular complexity index is 906. The highest BCUT2D eigenvalue weighted by Gasteiger charge is 2.31. The van der Waals surface area contributed by atoms with E-state index < -0.39 is 24.2 Å². The maximum Gasteiger partial charge on any atom is 0.573 e. The maximum atomic E-state index is 12.4. The molecule has 1 heterocycles. The number of aryl methyl sites for hydroxylation is 1. The van der Waals surface area contributed by atoms with Gasteiger partial charge in [-0.1, -0.05) is 13.8 Å². The van der Waals surface area contributed by atoms with Crippen LogP contribution in [0.4, 0.5) is 18.0 Å². The number of hydrogen-bond donors (Lipinski definition) is 0. The van der Waals surface area contributed by atoms with Crippen LogP contribution < -0.4 is 4.74 Å². The summed E-state index contributed by atoms with van der Waals surface area (Å²) in [5.74, 6) is -1.18. The molecule has 0 atom stereocenters. The van der Waals surface area contributed by atoms with Crippen molar-refractivity contribution >= 4 is 18.3 Å². The molecule has 2 aromatic rings. The fourth-order valence-electron chi connectivity index (χ4n) is 2.07. The lowest BCUT2D eigenvalue weighted by Gasteiger charge is -2.10. The van der Waals surface area contributed by atoms with Crippen LogP contribution in [-0.2, 0) is 14.3 Å². The number of aromatic nitrogens is 3. The van der Waals surface area contributed by atoms with Crippen LogP contribution >= 0.6 is 0 Å². The summed E-state index contributed by atoms with van der Waals surface area (Å²) in [6.45, 7) is 5.35. The lowest BCUT2D eigenvalue weighted by atomic mass is 10.1. The molecule has 2 rings (SSSR count). The standard InChI is InChI=1S/C18H18F3N3O5/c1-11(2)9-27-17(26)28-15(25)4-5-24-10-22-16(23-24)13-6-12(3)7-14(8-13)29-18(19,20)21/h4-8,10-11H,9H2,1-3H3/b5-4-. The minimum Gasteiger partial charge on any atom is -0.434 e. The predicted octanol–water partition coefficient (Wildman–Crippen LogP) is 3.96. The van der Waals surface area contributed by atoms with E-state index in [-0.39, 0.29) is 23.9 Å². The molecule has 0 aliphatic heterocycles. The Morgan fingerprint density at radius 2 is 1.97 bits per heavy atom. The molecular formula is C18H18F3N3O5. The van der Waals surface area contributed by atoms with Gasteiger partial charge in [0.15, 0.2) is 5.82 Å². The van der Waals surface area contributed by atoms with E-state index in [9.17, 15) is 22.8 Å². The van der Waals surface area contributed by atoms with Crippen molar-refractivity contribution in [2.75, 3.05) is 6.61 Å². The summed E-state index contributed by atoms with van der Waals surface area (Å²) in [5.41, 5.74) is 0.799. The molecule has 1 aromatic carbocycles. The summed E-state index contributed by atoms with van der Waals surface area (Å²) in [4.78, 5) is 26.8. The van der Waals surface area contributed by atoms with Crippen LogP contribution in [0.3, 0.4) is 0 Å². The molecule has 0 saturated heterocycles. The first-order valence-electron chi connectivity index (χ1n) is 8.37. The van der Waals surface area contributed by atoms with E-state index in [0.717, 1.165) is 23.0 Å². The molecule has 0 bridgehead atoms. The number of hydrogen-bond acceptors (Lipinski definition) is 7. The summed E-state index contributed by atoms with van der Waals surface area (Å²) < 4.78 is 51.4. The molecule has 0 saturated carbocycles. The van der Waals surface area contributed by atoms with Crippen molar-refractivity contribution in [1.29, 1.82) is 0 Å². The van der Waals surface area contributed by atoms with Crippen molar-refractivity contribution in [3.63, 3.8) is 0 Å². The second-order valence-electron chi connectivity index (χ2n) is 6.32. The number of carbonyl (C=O) groups excluding carboxylic acids is 2. The van der Waals surface area contributed by atoms with Gasteiger partial charge in [-0.05, 0) is 36.6 Å². The Hall–Kier alpha value is -3.37. The van der Waals surface area contributed by atoms with Gasteiger partial charge in [0, 0.05) is 17.8 Å². The van der Waals surface area contributed by atoms with Crippen molar-refractivity contribution in [3.05, 3.63) is 36.2 Å². The number of rotatable bonds is 6. The highest BCUT2D eigenvalue weighted by molar-refractivity contribution is 5.91. The lowest BCUT2D eigenvalue weighted by Crippen LogP contribution is -2.17. The van der Waals surface area contributed by atoms with Crippen LogP contribution in [0.15, 0.2) is 30.6 Å². The molecule has 0 radical (unpaired) electrons. The lowest BCUT2D eigenvalue weighted by molar-refractivity contribution is -0.274. The summed E-state index contributed by atoms with van der Waals surface area (Å²) in [5, 5.41) is 4.03. The molecule has 0 spiro atoms. The molecule has 29 heavy (non-hydrogen) atoms. The van der Waals surface area contributed by atoms with Gasteiger partial charge in [-0.2, -0.15) is 0 Å². The van der Waals surface area contributed by atoms with E-state index in [1.807, 2.05) is 13.8 Å². The number of esters is 1. The first-order valence-corrected chi connectivity index (χ1v) is 8.37. The van der Waals surface area contributed by atoms with Crippen LogP contribution in [0.2, 0.25) is 0 Å². The van der Waals surface area contributed by atoms with E-state index in [4.69, 9.17) is 4.74 Å². The van der Waals surface area contributed by atoms with Crippen LogP contribution in [0.25, 0.3) is 17.6 Å². The fourth-order valence-corrected chi connectivity index (χ4v) is 2.07. The molecule has 0 N–H and O–H groups in total. The van der Waals surface area contributed by atoms with E-state index in [0.29, 0.717) is 5.56 Å². The topological polar surface area (TPSA) is 92.5 Å². The summed E-state index contributed by atoms with van der Waals surface area (Å²) in [6, 6.07) is 3.94. The highest BCUT2D eigenvalue weighted by Crippen LogP contribution is 2.28. The molecule has 0 fully saturated rings. The largest absolute Gasteiger partial charge is 0.573 e. The van der Waals surface area contributed by atoms with Crippen molar-refractivity contribution in [3.8, 4) is 17.1 Å². The zero-order chi connectivity index (χ0) is 21.6. The van der Waals surface area contributed by atoms with Crippen LogP contribution in [0.5, 0.6) is 5.75 Å². The Morgan fingerprint density at radius 3 is 2.62 bits per heavy atom. The van der Waals surface area contributed by atoms with E-state index in [2.05, 4.69) is 19.6 Å². The van der Waals surface area contributed by atoms with Gasteiger partial charge in [0.05, 0.1) is 6.61 Å². The summed E-state index contributed by atoms with van der Waals surface area (Å²) >= 11 is 0. The molecule has 0 amide bonds. The SMILES string of the molecule is Cc1cc(OC(F)(F)F)cc(-c2ncn(/C=C\C(=O)OC(=O)OCC(C)C)n2)c1. The van der Waals surface area contributed by atoms with Crippen molar-refractivity contribution in [2.24, 2.45) is 5.92 Å². The number of carbonyl (C=O) groups is 2. The van der Waals surface area contributed by atoms with Gasteiger partial charge in [0.25, 0.3) is 0 Å². The van der Waals surface area contributed by atoms with Crippen molar-refractivity contribution < 1.29 is 37.0 Å². The van der Waals surface area contributed by atoms with Crippen LogP contribution in [-0.4, -0.2) is 39.9 Å². The number of alkyl halides is 3. The van der Waals surface area contributed by atoms with Gasteiger partial charge in [-0.3, -0.25) is 0 Å². The highest BCUT2D eigenvalue weighted by atomic mass is 19.4. The number of benzene rings is 1. The minimum atomic E-state index is -4.82. The Labute approximate surface area is 163 Å². The summed E-state index contributed by atoms with van der Waals surface area (Å²) in [7, 11) is 0. The molecule has 0 unspecified atom stereocenters. The summed E-state index contributed by atoms with van der Waals surface area (Å²) in [6.07, 6.45) is -2.63. The molecule has 156 valence electrons. The predicted molar refractivity (Wildman–Crippen MR) is 94.5 cm³/mol. The number of ether oxygens (including phenoxy) is 3. The third-order valence-electron chi connectivity index (χ3n) is 3.13. The quantitative estimate of drug-likeness (QED) is 0.402. The van der Waals surface area contributed by atoms with Gasteiger partial charge in [0.1, 0.15) is 12.1 Å². The second-order valence-corrected chi connectivity index (χ2v) is 6.32. The smallest absolute Gasteiger partial charge is 0.434 e. The monoisotopic (exact) mass is 413 g/mol. The first kappa shape index (κ1) is 21.9. The molecule has 1 aromatic heterocycles. The van der Waals surface area contributed by atoms with Gasteiger partial charge in [0.2, 0.25) is 0 Å². The van der Waals surface area contributed by atoms with Crippen molar-refractivity contribution in [1.82, 2.24) is 14.8 Å². The number of halogens is 3. The molecular weight excluding hydrogens is 395 g/mol. The maximum absolute atomic E-state index is 12.4. The van der Waals surface area contributed by atoms with Crippen LogP contribution in [0.1, 0.15) is 19.4 Å². The zero-order valence-electron chi connectivity index (χ0n) is 15.8. The van der Waals surface area contributed by atoms with Gasteiger partial charge < -0.3 is 14.2 Å². The minimum absolute atomic E-state index is 0.0884. The molecule has 11 heteroatoms. The van der Waals surface area contributed by atoms with Gasteiger partial charge in [-0.15, -0.1) is 18.3 Å². The third-order valence-corrected chi connectivity index (χ3v) is 3.13. The average molecular weight is 413 g/mol. The average Bonchev–Trinajstić information content (AvgIpc) is 3.05. The Kier molecular flexibility index (Phi) is 6.97. The van der Waals surface area contributed by atoms with E-state index in [1.165, 1.54) is 12.4 Å².